The summed E-state index contributed by atoms with van der Waals surface area (Å²) >= 11 is 0. The fourth-order valence-corrected chi connectivity index (χ4v) is 3.83. The quantitative estimate of drug-likeness (QED) is 0.799. The van der Waals surface area contributed by atoms with Gasteiger partial charge >= 0.3 is 6.09 Å². The summed E-state index contributed by atoms with van der Waals surface area (Å²) in [4.78, 5) is 16.1. The number of aliphatic hydroxyl groups is 2. The van der Waals surface area contributed by atoms with Crippen LogP contribution >= 0.6 is 0 Å². The van der Waals surface area contributed by atoms with E-state index in [2.05, 4.69) is 4.90 Å². The standard InChI is InChI=1S/C18H34N2O4/c1-17(2,3)24-16(22)19-10-6-15(7-11-19)20(12-13-21)14-18(23)8-4-5-9-18/h15,21,23H,4-14H2,1-3H3. The first-order valence-corrected chi connectivity index (χ1v) is 9.28. The van der Waals surface area contributed by atoms with Crippen molar-refractivity contribution >= 4 is 6.09 Å². The van der Waals surface area contributed by atoms with Crippen LogP contribution in [0.25, 0.3) is 0 Å². The molecule has 2 fully saturated rings. The lowest BCUT2D eigenvalue weighted by Crippen LogP contribution is -2.52. The molecule has 0 radical (unpaired) electrons. The zero-order chi connectivity index (χ0) is 17.8. The lowest BCUT2D eigenvalue weighted by molar-refractivity contribution is -0.0225. The third-order valence-corrected chi connectivity index (χ3v) is 5.05. The van der Waals surface area contributed by atoms with Crippen molar-refractivity contribution in [2.75, 3.05) is 32.8 Å². The molecular weight excluding hydrogens is 308 g/mol. The molecule has 0 aromatic heterocycles. The van der Waals surface area contributed by atoms with E-state index in [1.807, 2.05) is 20.8 Å². The molecule has 2 N–H and O–H groups in total. The molecule has 1 aliphatic carbocycles. The highest BCUT2D eigenvalue weighted by molar-refractivity contribution is 5.68. The maximum atomic E-state index is 12.2. The second-order valence-corrected chi connectivity index (χ2v) is 8.32. The summed E-state index contributed by atoms with van der Waals surface area (Å²) in [6.45, 7) is 8.28. The van der Waals surface area contributed by atoms with E-state index in [0.29, 0.717) is 32.2 Å². The van der Waals surface area contributed by atoms with E-state index in [1.165, 1.54) is 0 Å². The van der Waals surface area contributed by atoms with Crippen LogP contribution in [0.15, 0.2) is 0 Å². The fourth-order valence-electron chi connectivity index (χ4n) is 3.83. The number of amides is 1. The second kappa shape index (κ2) is 8.02. The van der Waals surface area contributed by atoms with Gasteiger partial charge in [0.05, 0.1) is 12.2 Å². The minimum atomic E-state index is -0.600. The smallest absolute Gasteiger partial charge is 0.410 e. The fraction of sp³-hybridized carbons (Fsp3) is 0.944. The summed E-state index contributed by atoms with van der Waals surface area (Å²) in [5.74, 6) is 0. The average molecular weight is 342 g/mol. The lowest BCUT2D eigenvalue weighted by atomic mass is 9.97. The molecule has 6 nitrogen and oxygen atoms in total. The molecule has 2 aliphatic rings. The molecule has 1 saturated carbocycles. The Morgan fingerprint density at radius 2 is 1.83 bits per heavy atom. The van der Waals surface area contributed by atoms with E-state index in [9.17, 15) is 15.0 Å². The van der Waals surface area contributed by atoms with Crippen LogP contribution in [0, 0.1) is 0 Å². The molecule has 0 atom stereocenters. The van der Waals surface area contributed by atoms with E-state index in [1.54, 1.807) is 4.90 Å². The molecule has 0 spiro atoms. The van der Waals surface area contributed by atoms with E-state index in [0.717, 1.165) is 38.5 Å². The van der Waals surface area contributed by atoms with Crippen molar-refractivity contribution < 1.29 is 19.7 Å². The number of rotatable bonds is 5. The molecule has 140 valence electrons. The number of likely N-dealkylation sites (tertiary alicyclic amines) is 1. The number of piperidine rings is 1. The Morgan fingerprint density at radius 1 is 1.25 bits per heavy atom. The number of aliphatic hydroxyl groups excluding tert-OH is 1. The second-order valence-electron chi connectivity index (χ2n) is 8.32. The summed E-state index contributed by atoms with van der Waals surface area (Å²) in [5, 5.41) is 20.1. The predicted octanol–water partition coefficient (Wildman–Crippen LogP) is 1.99. The molecule has 0 aromatic rings. The Morgan fingerprint density at radius 3 is 2.33 bits per heavy atom. The Hall–Kier alpha value is -0.850. The highest BCUT2D eigenvalue weighted by Crippen LogP contribution is 2.31. The number of ether oxygens (including phenoxy) is 1. The SMILES string of the molecule is CC(C)(C)OC(=O)N1CCC(N(CCO)CC2(O)CCCC2)CC1. The molecule has 6 heteroatoms. The van der Waals surface area contributed by atoms with Crippen molar-refractivity contribution in [2.24, 2.45) is 0 Å². The van der Waals surface area contributed by atoms with Crippen LogP contribution in [0.3, 0.4) is 0 Å². The largest absolute Gasteiger partial charge is 0.444 e. The zero-order valence-electron chi connectivity index (χ0n) is 15.5. The van der Waals surface area contributed by atoms with Gasteiger partial charge < -0.3 is 19.8 Å². The number of nitrogens with zero attached hydrogens (tertiary/aromatic N) is 2. The molecular formula is C18H34N2O4. The van der Waals surface area contributed by atoms with Crippen LogP contribution in [0.5, 0.6) is 0 Å². The Kier molecular flexibility index (Phi) is 6.51. The first-order valence-electron chi connectivity index (χ1n) is 9.28. The van der Waals surface area contributed by atoms with E-state index < -0.39 is 11.2 Å². The molecule has 1 amide bonds. The minimum Gasteiger partial charge on any atom is -0.444 e. The van der Waals surface area contributed by atoms with Gasteiger partial charge in [0, 0.05) is 32.2 Å². The van der Waals surface area contributed by atoms with Gasteiger partial charge in [-0.05, 0) is 46.5 Å². The normalized spacial score (nSPS) is 22.2. The molecule has 0 unspecified atom stereocenters. The topological polar surface area (TPSA) is 73.2 Å². The van der Waals surface area contributed by atoms with Gasteiger partial charge in [0.1, 0.15) is 5.60 Å². The first kappa shape index (κ1) is 19.5. The molecule has 24 heavy (non-hydrogen) atoms. The van der Waals surface area contributed by atoms with E-state index in [-0.39, 0.29) is 12.7 Å². The molecule has 1 heterocycles. The molecule has 1 saturated heterocycles. The van der Waals surface area contributed by atoms with Gasteiger partial charge in [0.2, 0.25) is 0 Å². The molecule has 0 aromatic carbocycles. The summed E-state index contributed by atoms with van der Waals surface area (Å²) < 4.78 is 5.44. The number of carbonyl (C=O) groups excluding carboxylic acids is 1. The number of carbonyl (C=O) groups is 1. The van der Waals surface area contributed by atoms with Crippen molar-refractivity contribution in [3.63, 3.8) is 0 Å². The molecule has 2 rings (SSSR count). The van der Waals surface area contributed by atoms with Crippen molar-refractivity contribution in [2.45, 2.75) is 76.5 Å². The van der Waals surface area contributed by atoms with Crippen LogP contribution in [0.1, 0.15) is 59.3 Å². The number of hydrogen-bond acceptors (Lipinski definition) is 5. The third kappa shape index (κ3) is 5.60. The van der Waals surface area contributed by atoms with Crippen molar-refractivity contribution in [3.8, 4) is 0 Å². The molecule has 1 aliphatic heterocycles. The Balaban J connectivity index is 1.87. The first-order chi connectivity index (χ1) is 11.2. The minimum absolute atomic E-state index is 0.0996. The van der Waals surface area contributed by atoms with Crippen LogP contribution < -0.4 is 0 Å². The maximum Gasteiger partial charge on any atom is 0.410 e. The Labute approximate surface area is 145 Å². The van der Waals surface area contributed by atoms with Gasteiger partial charge in [-0.25, -0.2) is 4.79 Å². The van der Waals surface area contributed by atoms with Gasteiger partial charge in [-0.15, -0.1) is 0 Å². The lowest BCUT2D eigenvalue weighted by Gasteiger charge is -2.41. The highest BCUT2D eigenvalue weighted by atomic mass is 16.6. The van der Waals surface area contributed by atoms with Gasteiger partial charge in [-0.2, -0.15) is 0 Å². The van der Waals surface area contributed by atoms with Gasteiger partial charge in [-0.1, -0.05) is 12.8 Å². The predicted molar refractivity (Wildman–Crippen MR) is 92.9 cm³/mol. The average Bonchev–Trinajstić information content (AvgIpc) is 2.92. The summed E-state index contributed by atoms with van der Waals surface area (Å²) in [7, 11) is 0. The van der Waals surface area contributed by atoms with Crippen molar-refractivity contribution in [1.82, 2.24) is 9.80 Å². The van der Waals surface area contributed by atoms with Crippen LogP contribution in [0.2, 0.25) is 0 Å². The van der Waals surface area contributed by atoms with Crippen LogP contribution in [-0.4, -0.2) is 76.1 Å². The summed E-state index contributed by atoms with van der Waals surface area (Å²) in [5.41, 5.74) is -1.07. The Bertz CT molecular complexity index is 408. The number of hydrogen-bond donors (Lipinski definition) is 2. The summed E-state index contributed by atoms with van der Waals surface area (Å²) in [6, 6.07) is 0.306. The highest BCUT2D eigenvalue weighted by Gasteiger charge is 2.36. The van der Waals surface area contributed by atoms with Crippen molar-refractivity contribution in [3.05, 3.63) is 0 Å². The van der Waals surface area contributed by atoms with Gasteiger partial charge in [-0.3, -0.25) is 4.90 Å². The maximum absolute atomic E-state index is 12.2. The van der Waals surface area contributed by atoms with Gasteiger partial charge in [0.15, 0.2) is 0 Å². The van der Waals surface area contributed by atoms with Crippen LogP contribution in [-0.2, 0) is 4.74 Å². The third-order valence-electron chi connectivity index (χ3n) is 5.05. The molecule has 0 bridgehead atoms. The monoisotopic (exact) mass is 342 g/mol. The van der Waals surface area contributed by atoms with E-state index >= 15 is 0 Å². The van der Waals surface area contributed by atoms with Crippen molar-refractivity contribution in [1.29, 1.82) is 0 Å². The van der Waals surface area contributed by atoms with Crippen LogP contribution in [0.4, 0.5) is 4.79 Å². The summed E-state index contributed by atoms with van der Waals surface area (Å²) in [6.07, 6.45) is 5.34. The zero-order valence-corrected chi connectivity index (χ0v) is 15.5. The van der Waals surface area contributed by atoms with Gasteiger partial charge in [0.25, 0.3) is 0 Å². The van der Waals surface area contributed by atoms with E-state index in [4.69, 9.17) is 4.74 Å².